The van der Waals surface area contributed by atoms with Crippen LogP contribution in [0.25, 0.3) is 0 Å². The highest BCUT2D eigenvalue weighted by Gasteiger charge is 2.32. The smallest absolute Gasteiger partial charge is 0.115 e. The number of nitrogens with zero attached hydrogens (tertiary/aromatic N) is 2. The lowest BCUT2D eigenvalue weighted by Gasteiger charge is -2.44. The van der Waals surface area contributed by atoms with E-state index >= 15 is 0 Å². The predicted octanol–water partition coefficient (Wildman–Crippen LogP) is 2.20. The molecule has 1 aromatic rings. The van der Waals surface area contributed by atoms with Gasteiger partial charge in [0.1, 0.15) is 5.75 Å². The highest BCUT2D eigenvalue weighted by Crippen LogP contribution is 2.28. The number of hydrogen-bond donors (Lipinski definition) is 2. The molecule has 4 nitrogen and oxygen atoms in total. The second kappa shape index (κ2) is 7.44. The van der Waals surface area contributed by atoms with Crippen LogP contribution in [0.5, 0.6) is 5.75 Å². The monoisotopic (exact) mass is 304 g/mol. The van der Waals surface area contributed by atoms with E-state index in [1.807, 2.05) is 12.1 Å². The number of aliphatic hydroxyl groups excluding tert-OH is 1. The van der Waals surface area contributed by atoms with E-state index in [2.05, 4.69) is 9.80 Å². The number of phenols is 1. The van der Waals surface area contributed by atoms with Crippen molar-refractivity contribution in [3.05, 3.63) is 29.8 Å². The molecule has 0 bridgehead atoms. The topological polar surface area (TPSA) is 46.9 Å². The molecule has 3 rings (SSSR count). The maximum absolute atomic E-state index is 9.41. The molecule has 0 radical (unpaired) electrons. The molecule has 0 amide bonds. The van der Waals surface area contributed by atoms with E-state index in [4.69, 9.17) is 0 Å². The van der Waals surface area contributed by atoms with Crippen molar-refractivity contribution in [2.45, 2.75) is 50.7 Å². The zero-order valence-electron chi connectivity index (χ0n) is 13.3. The van der Waals surface area contributed by atoms with Crippen LogP contribution in [0.4, 0.5) is 0 Å². The van der Waals surface area contributed by atoms with Crippen molar-refractivity contribution in [2.75, 3.05) is 26.2 Å². The molecule has 4 heteroatoms. The molecule has 0 aromatic heterocycles. The Labute approximate surface area is 133 Å². The zero-order chi connectivity index (χ0) is 15.4. The van der Waals surface area contributed by atoms with E-state index in [-0.39, 0.29) is 6.61 Å². The fourth-order valence-electron chi connectivity index (χ4n) is 4.06. The van der Waals surface area contributed by atoms with Gasteiger partial charge in [-0.3, -0.25) is 9.80 Å². The van der Waals surface area contributed by atoms with Gasteiger partial charge in [-0.15, -0.1) is 0 Å². The molecule has 0 unspecified atom stereocenters. The van der Waals surface area contributed by atoms with Gasteiger partial charge in [0, 0.05) is 44.9 Å². The van der Waals surface area contributed by atoms with Crippen molar-refractivity contribution in [1.82, 2.24) is 9.80 Å². The summed E-state index contributed by atoms with van der Waals surface area (Å²) in [4.78, 5) is 5.15. The minimum absolute atomic E-state index is 0.279. The lowest BCUT2D eigenvalue weighted by atomic mass is 10.0. The van der Waals surface area contributed by atoms with Crippen LogP contribution < -0.4 is 0 Å². The van der Waals surface area contributed by atoms with Crippen LogP contribution in [-0.2, 0) is 6.54 Å². The van der Waals surface area contributed by atoms with Crippen LogP contribution in [0, 0.1) is 0 Å². The van der Waals surface area contributed by atoms with E-state index in [9.17, 15) is 10.2 Å². The van der Waals surface area contributed by atoms with Crippen molar-refractivity contribution >= 4 is 0 Å². The van der Waals surface area contributed by atoms with Crippen LogP contribution >= 0.6 is 0 Å². The largest absolute Gasteiger partial charge is 0.508 e. The van der Waals surface area contributed by atoms with Gasteiger partial charge in [0.15, 0.2) is 0 Å². The lowest BCUT2D eigenvalue weighted by molar-refractivity contribution is 0.0267. The summed E-state index contributed by atoms with van der Waals surface area (Å²) in [6.07, 6.45) is 6.27. The first-order chi connectivity index (χ1) is 10.8. The lowest BCUT2D eigenvalue weighted by Crippen LogP contribution is -2.55. The Bertz CT molecular complexity index is 457. The minimum Gasteiger partial charge on any atom is -0.508 e. The molecule has 1 atom stereocenters. The molecule has 122 valence electrons. The van der Waals surface area contributed by atoms with Crippen molar-refractivity contribution in [2.24, 2.45) is 0 Å². The average molecular weight is 304 g/mol. The Balaban J connectivity index is 1.60. The first kappa shape index (κ1) is 15.8. The molecule has 22 heavy (non-hydrogen) atoms. The number of benzene rings is 1. The second-order valence-corrected chi connectivity index (χ2v) is 6.74. The fourth-order valence-corrected chi connectivity index (χ4v) is 4.06. The summed E-state index contributed by atoms with van der Waals surface area (Å²) >= 11 is 0. The van der Waals surface area contributed by atoms with Gasteiger partial charge in [-0.25, -0.2) is 0 Å². The van der Waals surface area contributed by atoms with Crippen LogP contribution in [0.3, 0.4) is 0 Å². The van der Waals surface area contributed by atoms with E-state index in [1.54, 1.807) is 12.1 Å². The van der Waals surface area contributed by atoms with Crippen LogP contribution in [0.2, 0.25) is 0 Å². The van der Waals surface area contributed by atoms with Crippen LogP contribution in [0.1, 0.15) is 37.7 Å². The molecule has 1 saturated carbocycles. The molecule has 2 fully saturated rings. The van der Waals surface area contributed by atoms with Crippen LogP contribution in [-0.4, -0.2) is 58.3 Å². The third-order valence-corrected chi connectivity index (χ3v) is 5.21. The zero-order valence-corrected chi connectivity index (χ0v) is 13.3. The number of aliphatic hydroxyl groups is 1. The van der Waals surface area contributed by atoms with Gasteiger partial charge in [0.05, 0.1) is 0 Å². The summed E-state index contributed by atoms with van der Waals surface area (Å²) in [6.45, 7) is 4.46. The molecule has 1 aliphatic heterocycles. The maximum atomic E-state index is 9.41. The van der Waals surface area contributed by atoms with Gasteiger partial charge in [-0.1, -0.05) is 25.0 Å². The van der Waals surface area contributed by atoms with E-state index in [0.29, 0.717) is 11.8 Å². The molecule has 1 heterocycles. The Morgan fingerprint density at radius 1 is 1.05 bits per heavy atom. The molecular formula is C18H28N2O2. The Kier molecular flexibility index (Phi) is 5.34. The first-order valence-electron chi connectivity index (χ1n) is 8.63. The Hall–Kier alpha value is -1.10. The number of hydrogen-bond acceptors (Lipinski definition) is 4. The molecule has 2 aliphatic rings. The predicted molar refractivity (Wildman–Crippen MR) is 87.8 cm³/mol. The summed E-state index contributed by atoms with van der Waals surface area (Å²) in [5.74, 6) is 0.327. The van der Waals surface area contributed by atoms with Gasteiger partial charge in [-0.05, 0) is 37.0 Å². The second-order valence-electron chi connectivity index (χ2n) is 6.74. The van der Waals surface area contributed by atoms with Crippen molar-refractivity contribution in [3.63, 3.8) is 0 Å². The number of phenolic OH excluding ortho intramolecular Hbond substituents is 1. The maximum Gasteiger partial charge on any atom is 0.115 e. The van der Waals surface area contributed by atoms with E-state index in [0.717, 1.165) is 38.6 Å². The van der Waals surface area contributed by atoms with Crippen LogP contribution in [0.15, 0.2) is 24.3 Å². The Morgan fingerprint density at radius 2 is 1.77 bits per heavy atom. The summed E-state index contributed by atoms with van der Waals surface area (Å²) in [5, 5.41) is 18.8. The van der Waals surface area contributed by atoms with Gasteiger partial charge in [0.25, 0.3) is 0 Å². The minimum atomic E-state index is 0.279. The quantitative estimate of drug-likeness (QED) is 0.875. The highest BCUT2D eigenvalue weighted by atomic mass is 16.3. The highest BCUT2D eigenvalue weighted by molar-refractivity contribution is 5.25. The summed E-state index contributed by atoms with van der Waals surface area (Å²) in [5.41, 5.74) is 1.25. The third kappa shape index (κ3) is 3.80. The standard InChI is InChI=1S/C18H28N2O2/c21-12-9-17-14-19(13-15-5-7-18(22)8-6-15)10-11-20(17)16-3-1-2-4-16/h5-8,16-17,21-22H,1-4,9-14H2/t17-/m0/s1. The Morgan fingerprint density at radius 3 is 2.45 bits per heavy atom. The third-order valence-electron chi connectivity index (χ3n) is 5.21. The SMILES string of the molecule is OCC[C@H]1CN(Cc2ccc(O)cc2)CCN1C1CCCC1. The number of aromatic hydroxyl groups is 1. The molecule has 1 aromatic carbocycles. The normalized spacial score (nSPS) is 24.9. The summed E-state index contributed by atoms with van der Waals surface area (Å²) < 4.78 is 0. The van der Waals surface area contributed by atoms with E-state index < -0.39 is 0 Å². The molecule has 1 aliphatic carbocycles. The molecule has 1 saturated heterocycles. The van der Waals surface area contributed by atoms with Crippen molar-refractivity contribution in [1.29, 1.82) is 0 Å². The first-order valence-corrected chi connectivity index (χ1v) is 8.63. The summed E-state index contributed by atoms with van der Waals surface area (Å²) in [6, 6.07) is 8.75. The average Bonchev–Trinajstić information content (AvgIpc) is 3.04. The summed E-state index contributed by atoms with van der Waals surface area (Å²) in [7, 11) is 0. The van der Waals surface area contributed by atoms with Gasteiger partial charge >= 0.3 is 0 Å². The number of rotatable bonds is 5. The van der Waals surface area contributed by atoms with Crippen molar-refractivity contribution < 1.29 is 10.2 Å². The van der Waals surface area contributed by atoms with Gasteiger partial charge < -0.3 is 10.2 Å². The molecule has 2 N–H and O–H groups in total. The van der Waals surface area contributed by atoms with E-state index in [1.165, 1.54) is 31.2 Å². The van der Waals surface area contributed by atoms with Gasteiger partial charge in [-0.2, -0.15) is 0 Å². The number of piperazine rings is 1. The molecule has 0 spiro atoms. The molecular weight excluding hydrogens is 276 g/mol. The fraction of sp³-hybridized carbons (Fsp3) is 0.667. The van der Waals surface area contributed by atoms with Gasteiger partial charge in [0.2, 0.25) is 0 Å². The van der Waals surface area contributed by atoms with Crippen molar-refractivity contribution in [3.8, 4) is 5.75 Å².